The minimum absolute atomic E-state index is 0.194. The molecule has 1 aromatic rings. The van der Waals surface area contributed by atoms with E-state index in [9.17, 15) is 23.3 Å². The minimum atomic E-state index is -4.19. The lowest BCUT2D eigenvalue weighted by molar-refractivity contribution is -0.385. The summed E-state index contributed by atoms with van der Waals surface area (Å²) in [4.78, 5) is 20.6. The van der Waals surface area contributed by atoms with E-state index in [2.05, 4.69) is 4.74 Å². The van der Waals surface area contributed by atoms with Crippen LogP contribution in [-0.4, -0.2) is 32.5 Å². The van der Waals surface area contributed by atoms with Crippen molar-refractivity contribution >= 4 is 33.3 Å². The number of esters is 1. The van der Waals surface area contributed by atoms with Gasteiger partial charge in [0.2, 0.25) is 10.0 Å². The van der Waals surface area contributed by atoms with Crippen LogP contribution in [-0.2, 0) is 19.6 Å². The lowest BCUT2D eigenvalue weighted by atomic mass is 10.3. The molecule has 0 aliphatic rings. The molecule has 0 amide bonds. The number of halogens is 1. The molecule has 0 saturated carbocycles. The van der Waals surface area contributed by atoms with Gasteiger partial charge in [-0.2, -0.15) is 4.72 Å². The molecule has 0 aromatic heterocycles. The van der Waals surface area contributed by atoms with Gasteiger partial charge < -0.3 is 4.74 Å². The zero-order valence-electron chi connectivity index (χ0n) is 10.5. The van der Waals surface area contributed by atoms with Crippen LogP contribution in [0.4, 0.5) is 5.69 Å². The molecule has 1 N–H and O–H groups in total. The van der Waals surface area contributed by atoms with Gasteiger partial charge in [0.15, 0.2) is 0 Å². The van der Waals surface area contributed by atoms with Crippen molar-refractivity contribution in [2.75, 3.05) is 7.11 Å². The van der Waals surface area contributed by atoms with Crippen LogP contribution in [0.15, 0.2) is 23.1 Å². The van der Waals surface area contributed by atoms with Crippen LogP contribution in [0.3, 0.4) is 0 Å². The van der Waals surface area contributed by atoms with Gasteiger partial charge >= 0.3 is 5.97 Å². The second kappa shape index (κ2) is 6.16. The summed E-state index contributed by atoms with van der Waals surface area (Å²) in [6.07, 6.45) is 0. The van der Waals surface area contributed by atoms with Gasteiger partial charge in [0.25, 0.3) is 5.69 Å². The number of benzene rings is 1. The molecule has 1 rings (SSSR count). The maximum atomic E-state index is 12.0. The summed E-state index contributed by atoms with van der Waals surface area (Å²) in [5, 5.41) is 10.4. The van der Waals surface area contributed by atoms with Crippen LogP contribution >= 0.6 is 11.6 Å². The van der Waals surface area contributed by atoms with Gasteiger partial charge in [-0.05, 0) is 13.0 Å². The van der Waals surface area contributed by atoms with Crippen LogP contribution in [0.1, 0.15) is 6.92 Å². The molecule has 110 valence electrons. The Hall–Kier alpha value is -1.71. The summed E-state index contributed by atoms with van der Waals surface area (Å²) < 4.78 is 30.5. The summed E-state index contributed by atoms with van der Waals surface area (Å²) in [6.45, 7) is 1.27. The summed E-state index contributed by atoms with van der Waals surface area (Å²) in [5.74, 6) is -0.796. The molecule has 10 heteroatoms. The molecular formula is C10H11ClN2O6S. The molecule has 1 atom stereocenters. The molecule has 8 nitrogen and oxygen atoms in total. The zero-order valence-corrected chi connectivity index (χ0v) is 12.1. The second-order valence-corrected chi connectivity index (χ2v) is 5.83. The van der Waals surface area contributed by atoms with Crippen molar-refractivity contribution in [1.82, 2.24) is 4.72 Å². The summed E-state index contributed by atoms with van der Waals surface area (Å²) in [7, 11) is -3.08. The average Bonchev–Trinajstić information content (AvgIpc) is 2.37. The fourth-order valence-corrected chi connectivity index (χ4v) is 3.04. The summed E-state index contributed by atoms with van der Waals surface area (Å²) >= 11 is 5.72. The number of nitrogens with zero attached hydrogens (tertiary/aromatic N) is 1. The Bertz CT molecular complexity index is 645. The third-order valence-corrected chi connectivity index (χ3v) is 4.32. The maximum absolute atomic E-state index is 12.0. The first-order valence-corrected chi connectivity index (χ1v) is 7.09. The second-order valence-electron chi connectivity index (χ2n) is 3.74. The highest BCUT2D eigenvalue weighted by Gasteiger charge is 2.26. The number of sulfonamides is 1. The topological polar surface area (TPSA) is 116 Å². The molecular weight excluding hydrogens is 312 g/mol. The number of methoxy groups -OCH3 is 1. The maximum Gasteiger partial charge on any atom is 0.323 e. The molecule has 0 fully saturated rings. The number of carbonyl (C=O) groups is 1. The summed E-state index contributed by atoms with van der Waals surface area (Å²) in [5.41, 5.74) is -0.430. The van der Waals surface area contributed by atoms with Gasteiger partial charge in [-0.15, -0.1) is 0 Å². The number of nitro benzene ring substituents is 1. The number of nitro groups is 1. The van der Waals surface area contributed by atoms with E-state index in [1.165, 1.54) is 6.92 Å². The number of hydrogen-bond acceptors (Lipinski definition) is 6. The van der Waals surface area contributed by atoms with E-state index in [1.54, 1.807) is 0 Å². The third kappa shape index (κ3) is 3.65. The zero-order chi connectivity index (χ0) is 15.5. The first-order chi connectivity index (χ1) is 9.19. The lowest BCUT2D eigenvalue weighted by Crippen LogP contribution is -2.39. The first-order valence-electron chi connectivity index (χ1n) is 5.23. The van der Waals surface area contributed by atoms with E-state index >= 15 is 0 Å². The van der Waals surface area contributed by atoms with E-state index in [-0.39, 0.29) is 5.02 Å². The quantitative estimate of drug-likeness (QED) is 0.493. The standard InChI is InChI=1S/C10H11ClN2O6S/c1-6(10(14)19-2)12-20(17,18)9-5-7(13(15)16)3-4-8(9)11/h3-6,12H,1-2H3/t6-/m0/s1. The van der Waals surface area contributed by atoms with Gasteiger partial charge in [0.1, 0.15) is 10.9 Å². The fraction of sp³-hybridized carbons (Fsp3) is 0.300. The Morgan fingerprint density at radius 3 is 2.60 bits per heavy atom. The van der Waals surface area contributed by atoms with E-state index in [0.29, 0.717) is 0 Å². The van der Waals surface area contributed by atoms with Gasteiger partial charge in [-0.3, -0.25) is 14.9 Å². The molecule has 0 aliphatic heterocycles. The van der Waals surface area contributed by atoms with Gasteiger partial charge in [-0.25, -0.2) is 8.42 Å². The van der Waals surface area contributed by atoms with Gasteiger partial charge in [0.05, 0.1) is 17.1 Å². The van der Waals surface area contributed by atoms with Crippen LogP contribution < -0.4 is 4.72 Å². The molecule has 0 heterocycles. The van der Waals surface area contributed by atoms with Crippen LogP contribution in [0.2, 0.25) is 5.02 Å². The number of ether oxygens (including phenoxy) is 1. The molecule has 0 saturated heterocycles. The van der Waals surface area contributed by atoms with E-state index in [0.717, 1.165) is 25.3 Å². The first kappa shape index (κ1) is 16.3. The Morgan fingerprint density at radius 1 is 1.50 bits per heavy atom. The lowest BCUT2D eigenvalue weighted by Gasteiger charge is -2.12. The molecule has 0 spiro atoms. The van der Waals surface area contributed by atoms with Crippen molar-refractivity contribution in [3.05, 3.63) is 33.3 Å². The molecule has 20 heavy (non-hydrogen) atoms. The highest BCUT2D eigenvalue weighted by molar-refractivity contribution is 7.89. The van der Waals surface area contributed by atoms with Crippen molar-refractivity contribution in [3.63, 3.8) is 0 Å². The Balaban J connectivity index is 3.18. The fourth-order valence-electron chi connectivity index (χ4n) is 1.33. The van der Waals surface area contributed by atoms with Crippen molar-refractivity contribution in [1.29, 1.82) is 0 Å². The SMILES string of the molecule is COC(=O)[C@H](C)NS(=O)(=O)c1cc([N+](=O)[O-])ccc1Cl. The van der Waals surface area contributed by atoms with Crippen LogP contribution in [0.5, 0.6) is 0 Å². The Kier molecular flexibility index (Phi) is 5.03. The molecule has 0 unspecified atom stereocenters. The van der Waals surface area contributed by atoms with E-state index in [1.807, 2.05) is 4.72 Å². The highest BCUT2D eigenvalue weighted by atomic mass is 35.5. The van der Waals surface area contributed by atoms with Crippen LogP contribution in [0, 0.1) is 10.1 Å². The number of hydrogen-bond donors (Lipinski definition) is 1. The Labute approximate surface area is 119 Å². The van der Waals surface area contributed by atoms with E-state index < -0.39 is 37.5 Å². The normalized spacial score (nSPS) is 12.8. The van der Waals surface area contributed by atoms with Gasteiger partial charge in [-0.1, -0.05) is 11.6 Å². The van der Waals surface area contributed by atoms with Crippen molar-refractivity contribution in [2.45, 2.75) is 17.9 Å². The Morgan fingerprint density at radius 2 is 2.10 bits per heavy atom. The van der Waals surface area contributed by atoms with E-state index in [4.69, 9.17) is 11.6 Å². The highest BCUT2D eigenvalue weighted by Crippen LogP contribution is 2.26. The van der Waals surface area contributed by atoms with Crippen molar-refractivity contribution in [3.8, 4) is 0 Å². The third-order valence-electron chi connectivity index (χ3n) is 2.30. The van der Waals surface area contributed by atoms with Gasteiger partial charge in [0, 0.05) is 12.1 Å². The van der Waals surface area contributed by atoms with Crippen molar-refractivity contribution < 1.29 is 22.9 Å². The largest absolute Gasteiger partial charge is 0.468 e. The number of rotatable bonds is 5. The predicted molar refractivity (Wildman–Crippen MR) is 69.9 cm³/mol. The number of non-ortho nitro benzene ring substituents is 1. The number of carbonyl (C=O) groups excluding carboxylic acids is 1. The predicted octanol–water partition coefficient (Wildman–Crippen LogP) is 1.09. The molecule has 0 bridgehead atoms. The molecule has 0 radical (unpaired) electrons. The van der Waals surface area contributed by atoms with Crippen LogP contribution in [0.25, 0.3) is 0 Å². The van der Waals surface area contributed by atoms with Crippen molar-refractivity contribution in [2.24, 2.45) is 0 Å². The summed E-state index contributed by atoms with van der Waals surface area (Å²) in [6, 6.07) is 1.83. The number of nitrogens with one attached hydrogen (secondary N) is 1. The molecule has 1 aromatic carbocycles. The monoisotopic (exact) mass is 322 g/mol. The smallest absolute Gasteiger partial charge is 0.323 e. The average molecular weight is 323 g/mol. The molecule has 0 aliphatic carbocycles. The minimum Gasteiger partial charge on any atom is -0.468 e.